The van der Waals surface area contributed by atoms with E-state index in [-0.39, 0.29) is 11.2 Å². The Morgan fingerprint density at radius 2 is 2.15 bits per heavy atom. The first-order valence-corrected chi connectivity index (χ1v) is 7.18. The third-order valence-electron chi connectivity index (χ3n) is 3.46. The second kappa shape index (κ2) is 6.32. The molecular formula is C13H16BrN3O3. The molecule has 1 aliphatic rings. The maximum absolute atomic E-state index is 11.7. The minimum Gasteiger partial charge on any atom is -0.308 e. The lowest BCUT2D eigenvalue weighted by Gasteiger charge is -2.27. The lowest BCUT2D eigenvalue weighted by molar-refractivity contribution is -0.385. The first-order valence-electron chi connectivity index (χ1n) is 6.39. The molecule has 0 N–H and O–H groups in total. The lowest BCUT2D eigenvalue weighted by atomic mass is 10.1. The average molecular weight is 342 g/mol. The van der Waals surface area contributed by atoms with Crippen molar-refractivity contribution in [2.45, 2.75) is 19.9 Å². The van der Waals surface area contributed by atoms with E-state index in [0.29, 0.717) is 13.1 Å². The number of nitrogens with zero attached hydrogens (tertiary/aromatic N) is 3. The van der Waals surface area contributed by atoms with Gasteiger partial charge in [-0.3, -0.25) is 19.8 Å². The summed E-state index contributed by atoms with van der Waals surface area (Å²) in [5.74, 6) is 0. The molecule has 6 nitrogen and oxygen atoms in total. The Kier molecular flexibility index (Phi) is 4.72. The Hall–Kier alpha value is -1.47. The van der Waals surface area contributed by atoms with Gasteiger partial charge in [-0.05, 0) is 13.3 Å². The van der Waals surface area contributed by atoms with Crippen molar-refractivity contribution < 1.29 is 4.92 Å². The highest BCUT2D eigenvalue weighted by Crippen LogP contribution is 2.21. The van der Waals surface area contributed by atoms with Gasteiger partial charge < -0.3 is 4.57 Å². The number of pyridine rings is 1. The Morgan fingerprint density at radius 3 is 2.80 bits per heavy atom. The van der Waals surface area contributed by atoms with Gasteiger partial charge in [0.25, 0.3) is 11.2 Å². The van der Waals surface area contributed by atoms with E-state index in [9.17, 15) is 14.9 Å². The van der Waals surface area contributed by atoms with Gasteiger partial charge in [0.15, 0.2) is 0 Å². The van der Waals surface area contributed by atoms with Gasteiger partial charge in [0.2, 0.25) is 0 Å². The van der Waals surface area contributed by atoms with Crippen molar-refractivity contribution in [1.82, 2.24) is 9.47 Å². The predicted molar refractivity (Wildman–Crippen MR) is 80.0 cm³/mol. The fourth-order valence-corrected chi connectivity index (χ4v) is 2.67. The van der Waals surface area contributed by atoms with Gasteiger partial charge in [0.1, 0.15) is 0 Å². The molecule has 0 saturated carbocycles. The molecule has 0 aromatic carbocycles. The van der Waals surface area contributed by atoms with E-state index in [2.05, 4.69) is 27.8 Å². The van der Waals surface area contributed by atoms with Crippen molar-refractivity contribution >= 4 is 21.6 Å². The zero-order chi connectivity index (χ0) is 14.7. The molecule has 108 valence electrons. The van der Waals surface area contributed by atoms with Crippen LogP contribution in [-0.4, -0.2) is 34.0 Å². The molecule has 0 radical (unpaired) electrons. The van der Waals surface area contributed by atoms with E-state index in [4.69, 9.17) is 0 Å². The molecule has 0 spiro atoms. The molecule has 0 amide bonds. The van der Waals surface area contributed by atoms with Gasteiger partial charge in [-0.1, -0.05) is 21.5 Å². The molecule has 1 aliphatic heterocycles. The zero-order valence-electron chi connectivity index (χ0n) is 11.2. The molecule has 7 heteroatoms. The second-order valence-corrected chi connectivity index (χ2v) is 5.84. The highest BCUT2D eigenvalue weighted by Gasteiger charge is 2.15. The standard InChI is InChI=1S/C13H16BrN3O3/c1-10-4-5-15(9-12(10)14)6-7-16-8-11(17(19)20)2-3-13(16)18/h2-3,8H,4-7,9H2,1H3. The first kappa shape index (κ1) is 14.9. The molecule has 1 aromatic rings. The molecule has 0 saturated heterocycles. The number of hydrogen-bond donors (Lipinski definition) is 0. The van der Waals surface area contributed by atoms with E-state index >= 15 is 0 Å². The minimum atomic E-state index is -0.487. The van der Waals surface area contributed by atoms with Crippen molar-refractivity contribution in [3.05, 3.63) is 48.9 Å². The molecule has 0 atom stereocenters. The van der Waals surface area contributed by atoms with Gasteiger partial charge in [-0.15, -0.1) is 0 Å². The number of rotatable bonds is 4. The molecular weight excluding hydrogens is 326 g/mol. The van der Waals surface area contributed by atoms with E-state index < -0.39 is 4.92 Å². The largest absolute Gasteiger partial charge is 0.308 e. The van der Waals surface area contributed by atoms with Crippen LogP contribution in [-0.2, 0) is 6.54 Å². The van der Waals surface area contributed by atoms with Gasteiger partial charge in [0, 0.05) is 42.8 Å². The number of hydrogen-bond acceptors (Lipinski definition) is 4. The lowest BCUT2D eigenvalue weighted by Crippen LogP contribution is -2.34. The maximum Gasteiger partial charge on any atom is 0.285 e. The van der Waals surface area contributed by atoms with Crippen molar-refractivity contribution in [2.75, 3.05) is 19.6 Å². The van der Waals surface area contributed by atoms with Gasteiger partial charge in [0.05, 0.1) is 11.1 Å². The summed E-state index contributed by atoms with van der Waals surface area (Å²) in [6.45, 7) is 5.04. The predicted octanol–water partition coefficient (Wildman–Crippen LogP) is 2.13. The van der Waals surface area contributed by atoms with Crippen molar-refractivity contribution in [3.63, 3.8) is 0 Å². The third-order valence-corrected chi connectivity index (χ3v) is 4.39. The fourth-order valence-electron chi connectivity index (χ4n) is 2.11. The molecule has 0 unspecified atom stereocenters. The molecule has 2 rings (SSSR count). The third kappa shape index (κ3) is 3.55. The summed E-state index contributed by atoms with van der Waals surface area (Å²) < 4.78 is 2.59. The van der Waals surface area contributed by atoms with Crippen LogP contribution in [0.3, 0.4) is 0 Å². The monoisotopic (exact) mass is 341 g/mol. The van der Waals surface area contributed by atoms with Gasteiger partial charge in [-0.25, -0.2) is 0 Å². The van der Waals surface area contributed by atoms with Crippen molar-refractivity contribution in [2.24, 2.45) is 0 Å². The van der Waals surface area contributed by atoms with E-state index in [1.807, 2.05) is 0 Å². The Labute approximate surface area is 125 Å². The second-order valence-electron chi connectivity index (χ2n) is 4.89. The SMILES string of the molecule is CC1=C(Br)CN(CCn2cc([N+](=O)[O-])ccc2=O)CC1. The van der Waals surface area contributed by atoms with E-state index in [1.54, 1.807) is 0 Å². The van der Waals surface area contributed by atoms with Crippen molar-refractivity contribution in [1.29, 1.82) is 0 Å². The summed E-state index contributed by atoms with van der Waals surface area (Å²) in [7, 11) is 0. The van der Waals surface area contributed by atoms with E-state index in [0.717, 1.165) is 19.5 Å². The highest BCUT2D eigenvalue weighted by atomic mass is 79.9. The summed E-state index contributed by atoms with van der Waals surface area (Å²) in [6.07, 6.45) is 2.31. The van der Waals surface area contributed by atoms with Crippen LogP contribution in [0.4, 0.5) is 5.69 Å². The first-order chi connectivity index (χ1) is 9.47. The van der Waals surface area contributed by atoms with Crippen LogP contribution in [0.15, 0.2) is 33.2 Å². The van der Waals surface area contributed by atoms with Crippen LogP contribution in [0.2, 0.25) is 0 Å². The van der Waals surface area contributed by atoms with Crippen LogP contribution < -0.4 is 5.56 Å². The Morgan fingerprint density at radius 1 is 1.40 bits per heavy atom. The Balaban J connectivity index is 2.03. The van der Waals surface area contributed by atoms with Crippen LogP contribution in [0, 0.1) is 10.1 Å². The summed E-state index contributed by atoms with van der Waals surface area (Å²) in [6, 6.07) is 2.48. The minimum absolute atomic E-state index is 0.0554. The van der Waals surface area contributed by atoms with E-state index in [1.165, 1.54) is 33.0 Å². The quantitative estimate of drug-likeness (QED) is 0.621. The van der Waals surface area contributed by atoms with Crippen LogP contribution in [0.1, 0.15) is 13.3 Å². The molecule has 0 fully saturated rings. The average Bonchev–Trinajstić information content (AvgIpc) is 2.41. The summed E-state index contributed by atoms with van der Waals surface area (Å²) >= 11 is 3.55. The zero-order valence-corrected chi connectivity index (χ0v) is 12.8. The maximum atomic E-state index is 11.7. The topological polar surface area (TPSA) is 68.4 Å². The molecule has 20 heavy (non-hydrogen) atoms. The van der Waals surface area contributed by atoms with Crippen LogP contribution in [0.5, 0.6) is 0 Å². The molecule has 1 aromatic heterocycles. The van der Waals surface area contributed by atoms with Crippen LogP contribution >= 0.6 is 15.9 Å². The number of nitro groups is 1. The fraction of sp³-hybridized carbons (Fsp3) is 0.462. The van der Waals surface area contributed by atoms with Gasteiger partial charge >= 0.3 is 0 Å². The van der Waals surface area contributed by atoms with Crippen molar-refractivity contribution in [3.8, 4) is 0 Å². The molecule has 0 aliphatic carbocycles. The summed E-state index contributed by atoms with van der Waals surface area (Å²) in [5.41, 5.74) is 1.09. The van der Waals surface area contributed by atoms with Crippen LogP contribution in [0.25, 0.3) is 0 Å². The summed E-state index contributed by atoms with van der Waals surface area (Å²) in [5, 5.41) is 10.7. The number of aromatic nitrogens is 1. The molecule has 2 heterocycles. The normalized spacial score (nSPS) is 16.5. The number of halogens is 1. The highest BCUT2D eigenvalue weighted by molar-refractivity contribution is 9.11. The Bertz CT molecular complexity index is 609. The molecule has 0 bridgehead atoms. The smallest absolute Gasteiger partial charge is 0.285 e. The van der Waals surface area contributed by atoms with Gasteiger partial charge in [-0.2, -0.15) is 0 Å². The summed E-state index contributed by atoms with van der Waals surface area (Å²) in [4.78, 5) is 24.1.